The molecule has 2 saturated heterocycles. The van der Waals surface area contributed by atoms with E-state index in [-0.39, 0.29) is 25.6 Å². The molecule has 0 saturated carbocycles. The molecule has 0 bridgehead atoms. The van der Waals surface area contributed by atoms with Crippen molar-refractivity contribution in [2.75, 3.05) is 33.0 Å². The minimum absolute atomic E-state index is 0.0680. The van der Waals surface area contributed by atoms with Gasteiger partial charge in [0.15, 0.2) is 12.6 Å². The summed E-state index contributed by atoms with van der Waals surface area (Å²) < 4.78 is 34.0. The predicted octanol–water partition coefficient (Wildman–Crippen LogP) is 6.91. The molecule has 0 spiro atoms. The summed E-state index contributed by atoms with van der Waals surface area (Å²) in [7, 11) is 0. The molecule has 368 valence electrons. The fourth-order valence-electron chi connectivity index (χ4n) is 8.23. The Morgan fingerprint density at radius 2 is 0.855 bits per heavy atom. The molecule has 0 amide bonds. The van der Waals surface area contributed by atoms with Crippen molar-refractivity contribution in [3.05, 3.63) is 0 Å². The second-order valence-corrected chi connectivity index (χ2v) is 18.0. The smallest absolute Gasteiger partial charge is 0.306 e. The van der Waals surface area contributed by atoms with Gasteiger partial charge in [0, 0.05) is 13.0 Å². The van der Waals surface area contributed by atoms with Crippen LogP contribution >= 0.6 is 0 Å². The van der Waals surface area contributed by atoms with Crippen molar-refractivity contribution in [3.8, 4) is 0 Å². The van der Waals surface area contributed by atoms with E-state index in [2.05, 4.69) is 13.8 Å². The van der Waals surface area contributed by atoms with Crippen LogP contribution in [0.4, 0.5) is 0 Å². The van der Waals surface area contributed by atoms with Gasteiger partial charge in [-0.3, -0.25) is 4.79 Å². The number of carbonyl (C=O) groups is 1. The highest BCUT2D eigenvalue weighted by molar-refractivity contribution is 5.69. The summed E-state index contributed by atoms with van der Waals surface area (Å²) in [6.45, 7) is 3.62. The maximum absolute atomic E-state index is 12.8. The van der Waals surface area contributed by atoms with Crippen molar-refractivity contribution >= 4 is 5.97 Å². The van der Waals surface area contributed by atoms with Crippen molar-refractivity contribution in [1.82, 2.24) is 0 Å². The molecule has 0 aromatic carbocycles. The van der Waals surface area contributed by atoms with Gasteiger partial charge in [-0.1, -0.05) is 181 Å². The van der Waals surface area contributed by atoms with Crippen LogP contribution in [0.1, 0.15) is 200 Å². The zero-order chi connectivity index (χ0) is 45.2. The number of aliphatic hydroxyl groups excluding tert-OH is 7. The van der Waals surface area contributed by atoms with E-state index in [1.54, 1.807) is 0 Å². The quantitative estimate of drug-likeness (QED) is 0.0246. The molecule has 11 unspecified atom stereocenters. The van der Waals surface area contributed by atoms with Gasteiger partial charge >= 0.3 is 5.97 Å². The summed E-state index contributed by atoms with van der Waals surface area (Å²) >= 11 is 0. The van der Waals surface area contributed by atoms with Crippen LogP contribution in [0.3, 0.4) is 0 Å². The topological polar surface area (TPSA) is 214 Å². The van der Waals surface area contributed by atoms with E-state index < -0.39 is 80.7 Å². The standard InChI is InChI=1S/C48H92O14/c1-3-5-7-9-10-11-12-13-14-15-16-17-18-19-20-21-22-23-24-25-26-28-30-32-57-34-37(60-40(50)31-29-27-8-6-4-2)35-58-47-46(56)44(54)42(52)39(62-47)36-59-48-45(55)43(53)41(51)38(33-49)61-48/h37-39,41-49,51-56H,3-36H2,1-2H3. The fourth-order valence-corrected chi connectivity index (χ4v) is 8.23. The molecule has 0 aromatic rings. The van der Waals surface area contributed by atoms with E-state index in [1.807, 2.05) is 0 Å². The molecular weight excluding hydrogens is 801 g/mol. The molecule has 0 radical (unpaired) electrons. The molecule has 14 nitrogen and oxygen atoms in total. The summed E-state index contributed by atoms with van der Waals surface area (Å²) in [6.07, 6.45) is 19.6. The second kappa shape index (κ2) is 37.1. The number of carbonyl (C=O) groups excluding carboxylic acids is 1. The first-order valence-corrected chi connectivity index (χ1v) is 25.1. The van der Waals surface area contributed by atoms with Crippen LogP contribution in [-0.4, -0.2) is 142 Å². The lowest BCUT2D eigenvalue weighted by Crippen LogP contribution is -2.61. The van der Waals surface area contributed by atoms with Gasteiger partial charge < -0.3 is 64.2 Å². The fraction of sp³-hybridized carbons (Fsp3) is 0.979. The van der Waals surface area contributed by atoms with E-state index in [0.29, 0.717) is 13.0 Å². The minimum Gasteiger partial charge on any atom is -0.457 e. The summed E-state index contributed by atoms with van der Waals surface area (Å²) in [6, 6.07) is 0. The molecule has 62 heavy (non-hydrogen) atoms. The van der Waals surface area contributed by atoms with Crippen molar-refractivity contribution in [3.63, 3.8) is 0 Å². The number of unbranched alkanes of at least 4 members (excludes halogenated alkanes) is 26. The summed E-state index contributed by atoms with van der Waals surface area (Å²) in [5, 5.41) is 71.8. The number of ether oxygens (including phenoxy) is 6. The van der Waals surface area contributed by atoms with Crippen molar-refractivity contribution in [2.24, 2.45) is 0 Å². The monoisotopic (exact) mass is 893 g/mol. The third-order valence-electron chi connectivity index (χ3n) is 12.4. The van der Waals surface area contributed by atoms with Gasteiger partial charge in [-0.05, 0) is 12.8 Å². The molecule has 14 heteroatoms. The Kier molecular flexibility index (Phi) is 34.2. The van der Waals surface area contributed by atoms with Crippen LogP contribution in [-0.2, 0) is 33.2 Å². The van der Waals surface area contributed by atoms with Gasteiger partial charge in [-0.2, -0.15) is 0 Å². The molecule has 2 aliphatic heterocycles. The third kappa shape index (κ3) is 25.0. The van der Waals surface area contributed by atoms with E-state index >= 15 is 0 Å². The number of aliphatic hydroxyl groups is 7. The highest BCUT2D eigenvalue weighted by Gasteiger charge is 2.47. The van der Waals surface area contributed by atoms with Crippen LogP contribution in [0.25, 0.3) is 0 Å². The molecule has 2 heterocycles. The molecule has 7 N–H and O–H groups in total. The Morgan fingerprint density at radius 3 is 1.31 bits per heavy atom. The summed E-state index contributed by atoms with van der Waals surface area (Å²) in [5.74, 6) is -0.385. The van der Waals surface area contributed by atoms with Crippen LogP contribution in [0.5, 0.6) is 0 Å². The Labute approximate surface area is 374 Å². The number of rotatable bonds is 40. The Hall–Kier alpha value is -1.01. The van der Waals surface area contributed by atoms with E-state index in [4.69, 9.17) is 28.4 Å². The largest absolute Gasteiger partial charge is 0.457 e. The van der Waals surface area contributed by atoms with E-state index in [9.17, 15) is 40.5 Å². The Morgan fingerprint density at radius 1 is 0.468 bits per heavy atom. The second-order valence-electron chi connectivity index (χ2n) is 18.0. The Bertz CT molecular complexity index is 1040. The normalized spacial score (nSPS) is 27.1. The van der Waals surface area contributed by atoms with Crippen molar-refractivity contribution in [2.45, 2.75) is 268 Å². The number of hydrogen-bond acceptors (Lipinski definition) is 14. The van der Waals surface area contributed by atoms with E-state index in [0.717, 1.165) is 44.9 Å². The lowest BCUT2D eigenvalue weighted by Gasteiger charge is -2.42. The summed E-state index contributed by atoms with van der Waals surface area (Å²) in [4.78, 5) is 12.8. The molecule has 11 atom stereocenters. The maximum atomic E-state index is 12.8. The number of hydrogen-bond donors (Lipinski definition) is 7. The average Bonchev–Trinajstić information content (AvgIpc) is 3.27. The highest BCUT2D eigenvalue weighted by Crippen LogP contribution is 2.26. The summed E-state index contributed by atoms with van der Waals surface area (Å²) in [5.41, 5.74) is 0. The van der Waals surface area contributed by atoms with Gasteiger partial charge in [-0.15, -0.1) is 0 Å². The van der Waals surface area contributed by atoms with Crippen molar-refractivity contribution in [1.29, 1.82) is 0 Å². The zero-order valence-electron chi connectivity index (χ0n) is 38.9. The first kappa shape index (κ1) is 57.1. The van der Waals surface area contributed by atoms with Gasteiger partial charge in [0.25, 0.3) is 0 Å². The van der Waals surface area contributed by atoms with Gasteiger partial charge in [0.2, 0.25) is 0 Å². The van der Waals surface area contributed by atoms with Gasteiger partial charge in [0.1, 0.15) is 54.9 Å². The molecule has 0 aromatic heterocycles. The van der Waals surface area contributed by atoms with Crippen LogP contribution in [0.15, 0.2) is 0 Å². The zero-order valence-corrected chi connectivity index (χ0v) is 38.9. The molecule has 2 fully saturated rings. The van der Waals surface area contributed by atoms with Gasteiger partial charge in [0.05, 0.1) is 26.4 Å². The SMILES string of the molecule is CCCCCCCCCCCCCCCCCCCCCCCCCOCC(COC1OC(COC2OC(CO)C(O)C(O)C2O)C(O)C(O)C1O)OC(=O)CCCCCCC. The van der Waals surface area contributed by atoms with Crippen molar-refractivity contribution < 1.29 is 69.0 Å². The predicted molar refractivity (Wildman–Crippen MR) is 238 cm³/mol. The molecule has 2 rings (SSSR count). The molecule has 2 aliphatic rings. The minimum atomic E-state index is -1.70. The molecule has 0 aliphatic carbocycles. The molecular formula is C48H92O14. The van der Waals surface area contributed by atoms with Crippen LogP contribution in [0.2, 0.25) is 0 Å². The first-order valence-electron chi connectivity index (χ1n) is 25.1. The highest BCUT2D eigenvalue weighted by atomic mass is 16.7. The van der Waals surface area contributed by atoms with Crippen LogP contribution in [0, 0.1) is 0 Å². The maximum Gasteiger partial charge on any atom is 0.306 e. The average molecular weight is 893 g/mol. The van der Waals surface area contributed by atoms with Gasteiger partial charge in [-0.25, -0.2) is 0 Å². The lowest BCUT2D eigenvalue weighted by molar-refractivity contribution is -0.332. The third-order valence-corrected chi connectivity index (χ3v) is 12.4. The first-order chi connectivity index (χ1) is 30.1. The van der Waals surface area contributed by atoms with Crippen LogP contribution < -0.4 is 0 Å². The lowest BCUT2D eigenvalue weighted by atomic mass is 9.98. The van der Waals surface area contributed by atoms with E-state index in [1.165, 1.54) is 128 Å². The number of esters is 1. The Balaban J connectivity index is 1.62.